The minimum atomic E-state index is -0.672. The second-order valence-electron chi connectivity index (χ2n) is 4.05. The predicted octanol–water partition coefficient (Wildman–Crippen LogP) is 4.25. The lowest BCUT2D eigenvalue weighted by Crippen LogP contribution is -2.02. The van der Waals surface area contributed by atoms with Crippen molar-refractivity contribution in [1.29, 1.82) is 0 Å². The van der Waals surface area contributed by atoms with Gasteiger partial charge in [-0.15, -0.1) is 0 Å². The van der Waals surface area contributed by atoms with Crippen LogP contribution in [-0.4, -0.2) is 4.92 Å². The molecule has 0 saturated carbocycles. The van der Waals surface area contributed by atoms with Crippen LogP contribution in [0, 0.1) is 21.7 Å². The number of hydrogen-bond donors (Lipinski definition) is 1. The van der Waals surface area contributed by atoms with Crippen molar-refractivity contribution in [1.82, 2.24) is 0 Å². The number of halogens is 3. The predicted molar refractivity (Wildman–Crippen MR) is 74.5 cm³/mol. The molecule has 0 aliphatic carbocycles. The number of nitrogens with zero attached hydrogens (tertiary/aromatic N) is 1. The van der Waals surface area contributed by atoms with E-state index in [0.29, 0.717) is 15.7 Å². The van der Waals surface area contributed by atoms with E-state index in [2.05, 4.69) is 21.2 Å². The first-order chi connectivity index (χ1) is 9.45. The highest BCUT2D eigenvalue weighted by molar-refractivity contribution is 9.10. The van der Waals surface area contributed by atoms with Crippen LogP contribution in [0.25, 0.3) is 0 Å². The summed E-state index contributed by atoms with van der Waals surface area (Å²) < 4.78 is 26.7. The van der Waals surface area contributed by atoms with Gasteiger partial charge >= 0.3 is 0 Å². The first-order valence-electron chi connectivity index (χ1n) is 5.58. The summed E-state index contributed by atoms with van der Waals surface area (Å²) in [6.45, 7) is 0.183. The van der Waals surface area contributed by atoms with E-state index < -0.39 is 10.7 Å². The first-order valence-corrected chi connectivity index (χ1v) is 6.38. The highest BCUT2D eigenvalue weighted by atomic mass is 79.9. The summed E-state index contributed by atoms with van der Waals surface area (Å²) in [4.78, 5) is 9.99. The minimum Gasteiger partial charge on any atom is -0.380 e. The topological polar surface area (TPSA) is 55.2 Å². The Kier molecular flexibility index (Phi) is 4.29. The van der Waals surface area contributed by atoms with Crippen molar-refractivity contribution in [3.63, 3.8) is 0 Å². The Morgan fingerprint density at radius 2 is 1.90 bits per heavy atom. The fourth-order valence-electron chi connectivity index (χ4n) is 1.67. The molecule has 1 N–H and O–H groups in total. The van der Waals surface area contributed by atoms with E-state index in [1.54, 1.807) is 0 Å². The van der Waals surface area contributed by atoms with Crippen LogP contribution in [0.3, 0.4) is 0 Å². The number of hydrogen-bond acceptors (Lipinski definition) is 3. The van der Waals surface area contributed by atoms with E-state index in [1.165, 1.54) is 30.3 Å². The second kappa shape index (κ2) is 5.96. The van der Waals surface area contributed by atoms with E-state index in [0.717, 1.165) is 6.07 Å². The molecule has 0 aliphatic heterocycles. The number of nitrogens with one attached hydrogen (secondary N) is 1. The maximum absolute atomic E-state index is 13.3. The van der Waals surface area contributed by atoms with Crippen molar-refractivity contribution >= 4 is 27.3 Å². The Morgan fingerprint density at radius 1 is 1.15 bits per heavy atom. The number of benzene rings is 2. The van der Waals surface area contributed by atoms with Gasteiger partial charge in [0.05, 0.1) is 11.0 Å². The second-order valence-corrected chi connectivity index (χ2v) is 4.91. The zero-order valence-electron chi connectivity index (χ0n) is 10.1. The molecule has 0 atom stereocenters. The van der Waals surface area contributed by atoms with Crippen LogP contribution in [0.4, 0.5) is 20.2 Å². The van der Waals surface area contributed by atoms with Gasteiger partial charge in [-0.05, 0) is 45.8 Å². The van der Waals surface area contributed by atoms with Crippen LogP contribution >= 0.6 is 15.9 Å². The third-order valence-electron chi connectivity index (χ3n) is 2.57. The SMILES string of the molecule is O=[N+]([O-])c1cc(F)cc(CNc2ccc(F)cc2Br)c1. The van der Waals surface area contributed by atoms with Gasteiger partial charge in [0.2, 0.25) is 0 Å². The highest BCUT2D eigenvalue weighted by Crippen LogP contribution is 2.24. The van der Waals surface area contributed by atoms with Crippen LogP contribution in [0.1, 0.15) is 5.56 Å². The van der Waals surface area contributed by atoms with Crippen molar-refractivity contribution in [2.24, 2.45) is 0 Å². The van der Waals surface area contributed by atoms with E-state index >= 15 is 0 Å². The van der Waals surface area contributed by atoms with Crippen LogP contribution in [-0.2, 0) is 6.54 Å². The smallest absolute Gasteiger partial charge is 0.272 e. The van der Waals surface area contributed by atoms with E-state index in [1.807, 2.05) is 0 Å². The Hall–Kier alpha value is -2.02. The molecule has 2 rings (SSSR count). The lowest BCUT2D eigenvalue weighted by atomic mass is 10.2. The number of nitro groups is 1. The van der Waals surface area contributed by atoms with Crippen molar-refractivity contribution < 1.29 is 13.7 Å². The van der Waals surface area contributed by atoms with Crippen molar-refractivity contribution in [3.8, 4) is 0 Å². The molecule has 2 aromatic carbocycles. The Labute approximate surface area is 121 Å². The molecule has 0 aliphatic rings. The van der Waals surface area contributed by atoms with Gasteiger partial charge in [-0.1, -0.05) is 0 Å². The van der Waals surface area contributed by atoms with Gasteiger partial charge in [0, 0.05) is 22.8 Å². The summed E-state index contributed by atoms with van der Waals surface area (Å²) in [6, 6.07) is 7.44. The number of rotatable bonds is 4. The molecule has 0 fully saturated rings. The quantitative estimate of drug-likeness (QED) is 0.667. The molecular formula is C13H9BrF2N2O2. The third-order valence-corrected chi connectivity index (χ3v) is 3.22. The van der Waals surface area contributed by atoms with Gasteiger partial charge in [-0.3, -0.25) is 10.1 Å². The average Bonchev–Trinajstić information content (AvgIpc) is 2.37. The first kappa shape index (κ1) is 14.4. The Morgan fingerprint density at radius 3 is 2.55 bits per heavy atom. The van der Waals surface area contributed by atoms with E-state index in [-0.39, 0.29) is 18.0 Å². The van der Waals surface area contributed by atoms with Crippen molar-refractivity contribution in [2.45, 2.75) is 6.54 Å². The third kappa shape index (κ3) is 3.51. The molecule has 0 radical (unpaired) electrons. The van der Waals surface area contributed by atoms with E-state index in [4.69, 9.17) is 0 Å². The lowest BCUT2D eigenvalue weighted by molar-refractivity contribution is -0.385. The van der Waals surface area contributed by atoms with Gasteiger partial charge in [-0.2, -0.15) is 0 Å². The molecule has 0 amide bonds. The molecule has 4 nitrogen and oxygen atoms in total. The number of anilines is 1. The average molecular weight is 343 g/mol. The lowest BCUT2D eigenvalue weighted by Gasteiger charge is -2.09. The maximum Gasteiger partial charge on any atom is 0.272 e. The summed E-state index contributed by atoms with van der Waals surface area (Å²) in [6.07, 6.45) is 0. The van der Waals surface area contributed by atoms with Crippen molar-refractivity contribution in [2.75, 3.05) is 5.32 Å². The standard InChI is InChI=1S/C13H9BrF2N2O2/c14-12-6-9(15)1-2-13(12)17-7-8-3-10(16)5-11(4-8)18(19)20/h1-6,17H,7H2. The molecular weight excluding hydrogens is 334 g/mol. The molecule has 7 heteroatoms. The fraction of sp³-hybridized carbons (Fsp3) is 0.0769. The van der Waals surface area contributed by atoms with E-state index in [9.17, 15) is 18.9 Å². The van der Waals surface area contributed by atoms with Crippen LogP contribution in [0.5, 0.6) is 0 Å². The van der Waals surface area contributed by atoms with Crippen LogP contribution in [0.2, 0.25) is 0 Å². The van der Waals surface area contributed by atoms with Gasteiger partial charge in [0.25, 0.3) is 5.69 Å². The Balaban J connectivity index is 2.16. The monoisotopic (exact) mass is 342 g/mol. The van der Waals surface area contributed by atoms with Gasteiger partial charge in [0.15, 0.2) is 0 Å². The summed E-state index contributed by atoms with van der Waals surface area (Å²) in [5.74, 6) is -1.06. The normalized spacial score (nSPS) is 10.3. The molecule has 0 aromatic heterocycles. The molecule has 104 valence electrons. The fourth-order valence-corrected chi connectivity index (χ4v) is 2.16. The minimum absolute atomic E-state index is 0.183. The van der Waals surface area contributed by atoms with Gasteiger partial charge in [-0.25, -0.2) is 8.78 Å². The van der Waals surface area contributed by atoms with Gasteiger partial charge < -0.3 is 5.32 Å². The molecule has 20 heavy (non-hydrogen) atoms. The molecule has 0 bridgehead atoms. The largest absolute Gasteiger partial charge is 0.380 e. The van der Waals surface area contributed by atoms with Crippen LogP contribution in [0.15, 0.2) is 40.9 Å². The summed E-state index contributed by atoms with van der Waals surface area (Å²) >= 11 is 3.19. The summed E-state index contributed by atoms with van der Waals surface area (Å²) in [5.41, 5.74) is 0.728. The zero-order valence-corrected chi connectivity index (χ0v) is 11.7. The van der Waals surface area contributed by atoms with Crippen LogP contribution < -0.4 is 5.32 Å². The number of non-ortho nitro benzene ring substituents is 1. The Bertz CT molecular complexity index is 665. The maximum atomic E-state index is 13.3. The molecule has 0 spiro atoms. The van der Waals surface area contributed by atoms with Crippen molar-refractivity contribution in [3.05, 3.63) is 68.2 Å². The molecule has 0 saturated heterocycles. The molecule has 0 unspecified atom stereocenters. The molecule has 2 aromatic rings. The highest BCUT2D eigenvalue weighted by Gasteiger charge is 2.10. The van der Waals surface area contributed by atoms with Gasteiger partial charge in [0.1, 0.15) is 11.6 Å². The zero-order chi connectivity index (χ0) is 14.7. The summed E-state index contributed by atoms with van der Waals surface area (Å²) in [7, 11) is 0. The molecule has 0 heterocycles. The number of nitro benzene ring substituents is 1. The summed E-state index contributed by atoms with van der Waals surface area (Å²) in [5, 5.41) is 13.6.